The van der Waals surface area contributed by atoms with E-state index in [0.717, 1.165) is 15.6 Å². The van der Waals surface area contributed by atoms with Crippen LogP contribution in [0.15, 0.2) is 16.6 Å². The van der Waals surface area contributed by atoms with Gasteiger partial charge in [-0.05, 0) is 37.1 Å². The second kappa shape index (κ2) is 9.40. The number of hydrogen-bond donors (Lipinski definition) is 1. The van der Waals surface area contributed by atoms with Crippen molar-refractivity contribution in [1.82, 2.24) is 0 Å². The van der Waals surface area contributed by atoms with Gasteiger partial charge in [0.25, 0.3) is 0 Å². The number of carboxylic acids is 1. The van der Waals surface area contributed by atoms with Gasteiger partial charge in [0.1, 0.15) is 0 Å². The highest BCUT2D eigenvalue weighted by Crippen LogP contribution is 2.22. The topological polar surface area (TPSA) is 37.3 Å². The minimum atomic E-state index is -0.881. The molecule has 1 rings (SSSR count). The van der Waals surface area contributed by atoms with Crippen molar-refractivity contribution in [2.45, 2.75) is 41.5 Å². The Hall–Kier alpha value is -0.830. The molecule has 0 spiro atoms. The summed E-state index contributed by atoms with van der Waals surface area (Å²) >= 11 is 3.37. The van der Waals surface area contributed by atoms with Gasteiger partial charge in [-0.2, -0.15) is 0 Å². The quantitative estimate of drug-likeness (QED) is 0.805. The van der Waals surface area contributed by atoms with Gasteiger partial charge in [0.05, 0.1) is 5.56 Å². The maximum Gasteiger partial charge on any atom is 0.335 e. The number of rotatable bonds is 1. The van der Waals surface area contributed by atoms with Crippen LogP contribution in [0.4, 0.5) is 0 Å². The molecule has 0 aromatic heterocycles. The number of hydrogen-bond acceptors (Lipinski definition) is 1. The van der Waals surface area contributed by atoms with Crippen molar-refractivity contribution in [3.63, 3.8) is 0 Å². The molecule has 0 fully saturated rings. The molecule has 0 amide bonds. The molecule has 92 valence electrons. The Bertz CT molecular complexity index is 310. The summed E-state index contributed by atoms with van der Waals surface area (Å²) in [4.78, 5) is 10.6. The van der Waals surface area contributed by atoms with Crippen LogP contribution in [-0.2, 0) is 0 Å². The van der Waals surface area contributed by atoms with E-state index in [1.165, 1.54) is 0 Å². The van der Waals surface area contributed by atoms with Crippen LogP contribution in [0, 0.1) is 13.8 Å². The number of benzene rings is 1. The highest BCUT2D eigenvalue weighted by Gasteiger charge is 2.06. The van der Waals surface area contributed by atoms with Gasteiger partial charge in [-0.15, -0.1) is 0 Å². The van der Waals surface area contributed by atoms with Crippen molar-refractivity contribution in [2.24, 2.45) is 0 Å². The predicted molar refractivity (Wildman–Crippen MR) is 73.3 cm³/mol. The molecule has 2 nitrogen and oxygen atoms in total. The summed E-state index contributed by atoms with van der Waals surface area (Å²) in [7, 11) is 0. The van der Waals surface area contributed by atoms with E-state index in [2.05, 4.69) is 15.9 Å². The Kier molecular flexibility index (Phi) is 10.3. The van der Waals surface area contributed by atoms with Gasteiger partial charge in [-0.1, -0.05) is 43.6 Å². The lowest BCUT2D eigenvalue weighted by atomic mass is 10.1. The molecular formula is C13H21BrO2. The monoisotopic (exact) mass is 288 g/mol. The number of carbonyl (C=O) groups is 1. The number of aryl methyl sites for hydroxylation is 2. The summed E-state index contributed by atoms with van der Waals surface area (Å²) in [5.41, 5.74) is 2.24. The summed E-state index contributed by atoms with van der Waals surface area (Å²) in [6.07, 6.45) is 0. The zero-order chi connectivity index (χ0) is 13.3. The smallest absolute Gasteiger partial charge is 0.335 e. The summed E-state index contributed by atoms with van der Waals surface area (Å²) in [6, 6.07) is 3.30. The molecule has 0 unspecified atom stereocenters. The van der Waals surface area contributed by atoms with Gasteiger partial charge in [0.2, 0.25) is 0 Å². The van der Waals surface area contributed by atoms with Crippen LogP contribution in [0.5, 0.6) is 0 Å². The zero-order valence-corrected chi connectivity index (χ0v) is 12.5. The van der Waals surface area contributed by atoms with Gasteiger partial charge >= 0.3 is 5.97 Å². The first-order valence-electron chi connectivity index (χ1n) is 5.52. The molecule has 0 aliphatic heterocycles. The third kappa shape index (κ3) is 5.31. The van der Waals surface area contributed by atoms with Gasteiger partial charge in [0.15, 0.2) is 0 Å². The second-order valence-electron chi connectivity index (χ2n) is 2.73. The zero-order valence-electron chi connectivity index (χ0n) is 10.9. The number of carboxylic acid groups (broad SMARTS) is 1. The van der Waals surface area contributed by atoms with E-state index in [1.54, 1.807) is 12.1 Å². The van der Waals surface area contributed by atoms with E-state index in [-0.39, 0.29) is 0 Å². The van der Waals surface area contributed by atoms with Gasteiger partial charge in [-0.25, -0.2) is 4.79 Å². The summed E-state index contributed by atoms with van der Waals surface area (Å²) in [5.74, 6) is -0.881. The normalized spacial score (nSPS) is 8.19. The van der Waals surface area contributed by atoms with Crippen LogP contribution in [0.25, 0.3) is 0 Å². The summed E-state index contributed by atoms with van der Waals surface area (Å²) < 4.78 is 0.979. The Morgan fingerprint density at radius 3 is 1.62 bits per heavy atom. The molecule has 1 N–H and O–H groups in total. The van der Waals surface area contributed by atoms with Crippen molar-refractivity contribution < 1.29 is 9.90 Å². The van der Waals surface area contributed by atoms with E-state index in [0.29, 0.717) is 5.56 Å². The Labute approximate surface area is 107 Å². The molecule has 0 bridgehead atoms. The molecule has 0 saturated heterocycles. The van der Waals surface area contributed by atoms with Crippen LogP contribution in [0.2, 0.25) is 0 Å². The standard InChI is InChI=1S/C9H9BrO2.2C2H6/c1-5-3-7(9(11)12)4-6(2)8(5)10;2*1-2/h3-4H,1-2H3,(H,11,12);2*1-2H3. The molecule has 1 aromatic carbocycles. The van der Waals surface area contributed by atoms with Crippen molar-refractivity contribution in [1.29, 1.82) is 0 Å². The molecule has 0 heterocycles. The Balaban J connectivity index is 0. The summed E-state index contributed by atoms with van der Waals surface area (Å²) in [5, 5.41) is 8.71. The predicted octanol–water partition coefficient (Wildman–Crippen LogP) is 4.82. The molecule has 0 atom stereocenters. The van der Waals surface area contributed by atoms with Crippen molar-refractivity contribution in [3.8, 4) is 0 Å². The first kappa shape index (κ1) is 17.6. The first-order chi connectivity index (χ1) is 7.52. The van der Waals surface area contributed by atoms with Crippen LogP contribution < -0.4 is 0 Å². The third-order valence-corrected chi connectivity index (χ3v) is 2.93. The largest absolute Gasteiger partial charge is 0.478 e. The Morgan fingerprint density at radius 2 is 1.38 bits per heavy atom. The minimum Gasteiger partial charge on any atom is -0.478 e. The lowest BCUT2D eigenvalue weighted by Gasteiger charge is -2.03. The second-order valence-corrected chi connectivity index (χ2v) is 3.52. The van der Waals surface area contributed by atoms with E-state index in [9.17, 15) is 4.79 Å². The molecule has 0 radical (unpaired) electrons. The van der Waals surface area contributed by atoms with Crippen LogP contribution in [0.3, 0.4) is 0 Å². The molecule has 0 saturated carbocycles. The molecule has 16 heavy (non-hydrogen) atoms. The maximum atomic E-state index is 10.6. The van der Waals surface area contributed by atoms with E-state index < -0.39 is 5.97 Å². The van der Waals surface area contributed by atoms with Crippen molar-refractivity contribution in [2.75, 3.05) is 0 Å². The number of aromatic carboxylic acids is 1. The van der Waals surface area contributed by atoms with E-state index in [1.807, 2.05) is 41.5 Å². The van der Waals surface area contributed by atoms with Crippen LogP contribution in [-0.4, -0.2) is 11.1 Å². The van der Waals surface area contributed by atoms with Crippen molar-refractivity contribution >= 4 is 21.9 Å². The summed E-state index contributed by atoms with van der Waals surface area (Å²) in [6.45, 7) is 11.8. The van der Waals surface area contributed by atoms with E-state index in [4.69, 9.17) is 5.11 Å². The average Bonchev–Trinajstić information content (AvgIpc) is 2.30. The fourth-order valence-electron chi connectivity index (χ4n) is 1.07. The SMILES string of the molecule is CC.CC.Cc1cc(C(=O)O)cc(C)c1Br. The molecule has 0 aliphatic carbocycles. The molecule has 1 aromatic rings. The van der Waals surface area contributed by atoms with Crippen molar-refractivity contribution in [3.05, 3.63) is 33.3 Å². The van der Waals surface area contributed by atoms with Crippen LogP contribution >= 0.6 is 15.9 Å². The van der Waals surface area contributed by atoms with Gasteiger partial charge in [0, 0.05) is 4.47 Å². The van der Waals surface area contributed by atoms with Gasteiger partial charge in [-0.3, -0.25) is 0 Å². The lowest BCUT2D eigenvalue weighted by molar-refractivity contribution is 0.0696. The van der Waals surface area contributed by atoms with E-state index >= 15 is 0 Å². The van der Waals surface area contributed by atoms with Gasteiger partial charge < -0.3 is 5.11 Å². The highest BCUT2D eigenvalue weighted by atomic mass is 79.9. The fourth-order valence-corrected chi connectivity index (χ4v) is 1.30. The fraction of sp³-hybridized carbons (Fsp3) is 0.462. The number of halogens is 1. The Morgan fingerprint density at radius 1 is 1.06 bits per heavy atom. The average molecular weight is 289 g/mol. The molecule has 0 aliphatic rings. The minimum absolute atomic E-state index is 0.341. The highest BCUT2D eigenvalue weighted by molar-refractivity contribution is 9.10. The first-order valence-corrected chi connectivity index (χ1v) is 6.31. The molecule has 3 heteroatoms. The lowest BCUT2D eigenvalue weighted by Crippen LogP contribution is -1.98. The van der Waals surface area contributed by atoms with Crippen LogP contribution in [0.1, 0.15) is 49.2 Å². The maximum absolute atomic E-state index is 10.6. The third-order valence-electron chi connectivity index (χ3n) is 1.68. The molecular weight excluding hydrogens is 268 g/mol.